The van der Waals surface area contributed by atoms with Crippen molar-refractivity contribution >= 4 is 17.1 Å². The summed E-state index contributed by atoms with van der Waals surface area (Å²) in [6, 6.07) is 17.7. The van der Waals surface area contributed by atoms with Crippen LogP contribution in [-0.4, -0.2) is 37.3 Å². The molecule has 0 aliphatic heterocycles. The Morgan fingerprint density at radius 3 is 2.48 bits per heavy atom. The number of carboxylic acids is 1. The third kappa shape index (κ3) is 5.57. The normalized spacial score (nSPS) is 13.8. The summed E-state index contributed by atoms with van der Waals surface area (Å²) in [7, 11) is 0. The Morgan fingerprint density at radius 2 is 1.76 bits per heavy atom. The molecule has 214 valence electrons. The molecular formula is C32H27F3N4O3. The smallest absolute Gasteiger partial charge is 0.354 e. The van der Waals surface area contributed by atoms with Gasteiger partial charge < -0.3 is 14.4 Å². The van der Waals surface area contributed by atoms with Crippen LogP contribution in [0.25, 0.3) is 22.4 Å². The summed E-state index contributed by atoms with van der Waals surface area (Å²) in [4.78, 5) is 24.8. The van der Waals surface area contributed by atoms with Crippen LogP contribution >= 0.6 is 0 Å². The minimum Gasteiger partial charge on any atom is -0.477 e. The van der Waals surface area contributed by atoms with E-state index in [1.807, 2.05) is 6.92 Å². The van der Waals surface area contributed by atoms with E-state index in [9.17, 15) is 18.7 Å². The van der Waals surface area contributed by atoms with Gasteiger partial charge in [-0.1, -0.05) is 30.3 Å². The number of pyridine rings is 2. The highest BCUT2D eigenvalue weighted by Crippen LogP contribution is 2.48. The predicted molar refractivity (Wildman–Crippen MR) is 150 cm³/mol. The van der Waals surface area contributed by atoms with Crippen LogP contribution in [0.1, 0.15) is 45.8 Å². The maximum Gasteiger partial charge on any atom is 0.354 e. The number of halogens is 3. The number of rotatable bonds is 10. The van der Waals surface area contributed by atoms with Gasteiger partial charge in [0, 0.05) is 35.6 Å². The van der Waals surface area contributed by atoms with Crippen LogP contribution in [0.5, 0.6) is 5.88 Å². The lowest BCUT2D eigenvalue weighted by atomic mass is 10.0. The summed E-state index contributed by atoms with van der Waals surface area (Å²) in [6.07, 6.45) is 1.52. The van der Waals surface area contributed by atoms with Crippen molar-refractivity contribution in [2.24, 2.45) is 5.41 Å². The molecule has 0 spiro atoms. The van der Waals surface area contributed by atoms with E-state index in [0.717, 1.165) is 5.56 Å². The second-order valence-electron chi connectivity index (χ2n) is 10.8. The molecular weight excluding hydrogens is 545 g/mol. The van der Waals surface area contributed by atoms with Crippen LogP contribution in [0.3, 0.4) is 0 Å². The first kappa shape index (κ1) is 27.4. The topological polar surface area (TPSA) is 90.1 Å². The van der Waals surface area contributed by atoms with Crippen molar-refractivity contribution in [1.29, 1.82) is 0 Å². The Morgan fingerprint density at radius 1 is 0.976 bits per heavy atom. The number of aryl methyl sites for hydroxylation is 1. The summed E-state index contributed by atoms with van der Waals surface area (Å²) in [5.41, 5.74) is 2.73. The van der Waals surface area contributed by atoms with Gasteiger partial charge in [-0.15, -0.1) is 0 Å². The quantitative estimate of drug-likeness (QED) is 0.200. The number of hydrogen-bond donors (Lipinski definition) is 1. The number of imidazole rings is 1. The van der Waals surface area contributed by atoms with Crippen LogP contribution in [0.2, 0.25) is 0 Å². The van der Waals surface area contributed by atoms with Gasteiger partial charge in [0.15, 0.2) is 11.3 Å². The molecule has 1 aliphatic carbocycles. The van der Waals surface area contributed by atoms with E-state index in [2.05, 4.69) is 15.0 Å². The van der Waals surface area contributed by atoms with E-state index in [1.165, 1.54) is 18.2 Å². The average molecular weight is 573 g/mol. The van der Waals surface area contributed by atoms with Crippen LogP contribution in [0, 0.1) is 24.0 Å². The first-order valence-corrected chi connectivity index (χ1v) is 13.5. The number of hydrogen-bond acceptors (Lipinski definition) is 5. The second kappa shape index (κ2) is 10.9. The van der Waals surface area contributed by atoms with Crippen LogP contribution in [0.4, 0.5) is 13.2 Å². The van der Waals surface area contributed by atoms with E-state index >= 15 is 4.39 Å². The number of nitrogens with zero attached hydrogens (tertiary/aromatic N) is 4. The largest absolute Gasteiger partial charge is 0.477 e. The van der Waals surface area contributed by atoms with Gasteiger partial charge in [-0.2, -0.15) is 0 Å². The van der Waals surface area contributed by atoms with Gasteiger partial charge in [-0.3, -0.25) is 4.39 Å². The highest BCUT2D eigenvalue weighted by atomic mass is 19.1. The van der Waals surface area contributed by atoms with Gasteiger partial charge in [-0.05, 0) is 61.2 Å². The summed E-state index contributed by atoms with van der Waals surface area (Å²) in [6.45, 7) is 1.59. The lowest BCUT2D eigenvalue weighted by molar-refractivity contribution is 0.0690. The molecule has 0 amide bonds. The van der Waals surface area contributed by atoms with Crippen molar-refractivity contribution in [3.63, 3.8) is 0 Å². The zero-order chi connectivity index (χ0) is 29.4. The standard InChI is InChI=1S/C32H27F3N4O3/c1-19-5-6-22(23(34)13-19)16-42-29-4-2-3-25(37-29)21-8-7-20(24(35)14-21)15-28-36-26-9-10-27(31(40)41)38-30(26)39(28)18-32(17-33)11-12-32/h2-10,13-14H,11-12,15-18H2,1H3,(H,40,41). The summed E-state index contributed by atoms with van der Waals surface area (Å²) in [5, 5.41) is 9.41. The molecule has 0 radical (unpaired) electrons. The lowest BCUT2D eigenvalue weighted by Crippen LogP contribution is -2.17. The number of aromatic carboxylic acids is 1. The predicted octanol–water partition coefficient (Wildman–Crippen LogP) is 6.70. The molecule has 7 nitrogen and oxygen atoms in total. The van der Waals surface area contributed by atoms with Crippen molar-refractivity contribution in [2.45, 2.75) is 39.3 Å². The van der Waals surface area contributed by atoms with Gasteiger partial charge in [0.05, 0.1) is 12.4 Å². The third-order valence-corrected chi connectivity index (χ3v) is 7.63. The molecule has 0 saturated heterocycles. The zero-order valence-corrected chi connectivity index (χ0v) is 22.8. The van der Waals surface area contributed by atoms with Crippen molar-refractivity contribution in [2.75, 3.05) is 6.67 Å². The van der Waals surface area contributed by atoms with Crippen molar-refractivity contribution in [3.8, 4) is 17.1 Å². The molecule has 0 atom stereocenters. The SMILES string of the molecule is Cc1ccc(COc2cccc(-c3ccc(Cc4nc5ccc(C(=O)O)nc5n4CC4(CF)CC4)c(F)c3)n2)c(F)c1. The third-order valence-electron chi connectivity index (χ3n) is 7.63. The molecule has 5 aromatic rings. The Balaban J connectivity index is 1.25. The monoisotopic (exact) mass is 572 g/mol. The van der Waals surface area contributed by atoms with E-state index in [-0.39, 0.29) is 37.0 Å². The van der Waals surface area contributed by atoms with Crippen LogP contribution in [0.15, 0.2) is 66.7 Å². The van der Waals surface area contributed by atoms with Gasteiger partial charge in [0.1, 0.15) is 29.6 Å². The highest BCUT2D eigenvalue weighted by molar-refractivity contribution is 5.88. The molecule has 1 aliphatic rings. The Labute approximate surface area is 239 Å². The number of ether oxygens (including phenoxy) is 1. The molecule has 3 heterocycles. The minimum atomic E-state index is -1.18. The maximum absolute atomic E-state index is 15.5. The van der Waals surface area contributed by atoms with Gasteiger partial charge in [0.2, 0.25) is 5.88 Å². The molecule has 1 N–H and O–H groups in total. The minimum absolute atomic E-state index is 0.00335. The van der Waals surface area contributed by atoms with E-state index in [0.29, 0.717) is 52.2 Å². The van der Waals surface area contributed by atoms with E-state index in [4.69, 9.17) is 4.74 Å². The first-order valence-electron chi connectivity index (χ1n) is 13.5. The second-order valence-corrected chi connectivity index (χ2v) is 10.8. The fourth-order valence-electron chi connectivity index (χ4n) is 4.91. The Kier molecular flexibility index (Phi) is 7.14. The fraction of sp³-hybridized carbons (Fsp3) is 0.250. The molecule has 6 rings (SSSR count). The van der Waals surface area contributed by atoms with Gasteiger partial charge in [-0.25, -0.2) is 28.5 Å². The Hall–Kier alpha value is -4.73. The molecule has 0 bridgehead atoms. The summed E-state index contributed by atoms with van der Waals surface area (Å²) >= 11 is 0. The number of fused-ring (bicyclic) bond motifs is 1. The van der Waals surface area contributed by atoms with Crippen molar-refractivity contribution in [1.82, 2.24) is 19.5 Å². The first-order chi connectivity index (χ1) is 20.2. The van der Waals surface area contributed by atoms with Crippen molar-refractivity contribution < 1.29 is 27.8 Å². The van der Waals surface area contributed by atoms with Crippen LogP contribution in [-0.2, 0) is 19.6 Å². The summed E-state index contributed by atoms with van der Waals surface area (Å²) < 4.78 is 50.9. The lowest BCUT2D eigenvalue weighted by Gasteiger charge is -2.15. The van der Waals surface area contributed by atoms with Gasteiger partial charge in [0.25, 0.3) is 0 Å². The number of aromatic nitrogens is 4. The van der Waals surface area contributed by atoms with Crippen molar-refractivity contribution in [3.05, 3.63) is 107 Å². The molecule has 1 saturated carbocycles. The summed E-state index contributed by atoms with van der Waals surface area (Å²) in [5.74, 6) is -1.26. The molecule has 2 aromatic carbocycles. The average Bonchev–Trinajstić information content (AvgIpc) is 3.68. The van der Waals surface area contributed by atoms with Gasteiger partial charge >= 0.3 is 5.97 Å². The van der Waals surface area contributed by atoms with E-state index in [1.54, 1.807) is 53.1 Å². The zero-order valence-electron chi connectivity index (χ0n) is 22.8. The number of carbonyl (C=O) groups is 1. The van der Waals surface area contributed by atoms with E-state index < -0.39 is 23.9 Å². The highest BCUT2D eigenvalue weighted by Gasteiger charge is 2.44. The molecule has 0 unspecified atom stereocenters. The molecule has 42 heavy (non-hydrogen) atoms. The number of carboxylic acid groups (broad SMARTS) is 1. The molecule has 1 fully saturated rings. The molecule has 3 aromatic heterocycles. The fourth-order valence-corrected chi connectivity index (χ4v) is 4.91. The Bertz CT molecular complexity index is 1820. The number of alkyl halides is 1. The maximum atomic E-state index is 15.5. The van der Waals surface area contributed by atoms with Crippen LogP contribution < -0.4 is 4.74 Å². The molecule has 10 heteroatoms. The number of benzene rings is 2.